The van der Waals surface area contributed by atoms with Crippen LogP contribution in [0.15, 0.2) is 4.34 Å². The Morgan fingerprint density at radius 1 is 1.45 bits per heavy atom. The number of methoxy groups -OCH3 is 1. The van der Waals surface area contributed by atoms with Crippen LogP contribution in [-0.4, -0.2) is 49.0 Å². The number of rotatable bonds is 6. The van der Waals surface area contributed by atoms with Crippen LogP contribution in [0.2, 0.25) is 0 Å². The van der Waals surface area contributed by atoms with Crippen LogP contribution in [0.25, 0.3) is 0 Å². The maximum Gasteiger partial charge on any atom is 0.320 e. The molecule has 0 saturated heterocycles. The van der Waals surface area contributed by atoms with E-state index < -0.39 is 20.8 Å². The Labute approximate surface area is 127 Å². The van der Waals surface area contributed by atoms with E-state index in [-0.39, 0.29) is 21.9 Å². The van der Waals surface area contributed by atoms with Gasteiger partial charge in [-0.2, -0.15) is 0 Å². The number of esters is 1. The molecule has 0 saturated carbocycles. The Morgan fingerprint density at radius 3 is 2.65 bits per heavy atom. The van der Waals surface area contributed by atoms with E-state index in [4.69, 9.17) is 0 Å². The van der Waals surface area contributed by atoms with Crippen LogP contribution in [0.4, 0.5) is 5.13 Å². The molecule has 1 amide bonds. The number of sulfonamides is 1. The molecule has 0 aromatic carbocycles. The zero-order chi connectivity index (χ0) is 15.3. The van der Waals surface area contributed by atoms with Gasteiger partial charge in [0, 0.05) is 13.5 Å². The minimum absolute atomic E-state index is 0.0706. The third-order valence-corrected chi connectivity index (χ3v) is 5.16. The van der Waals surface area contributed by atoms with Gasteiger partial charge in [-0.15, -0.1) is 10.2 Å². The normalized spacial score (nSPS) is 12.8. The van der Waals surface area contributed by atoms with Crippen LogP contribution in [-0.2, 0) is 24.3 Å². The summed E-state index contributed by atoms with van der Waals surface area (Å²) >= 11 is 3.67. The molecule has 0 aliphatic carbocycles. The second kappa shape index (κ2) is 7.06. The summed E-state index contributed by atoms with van der Waals surface area (Å²) in [6, 6.07) is 0. The third kappa shape index (κ3) is 4.77. The molecular weight excluding hydrogens is 376 g/mol. The van der Waals surface area contributed by atoms with Crippen molar-refractivity contribution in [1.29, 1.82) is 0 Å². The fourth-order valence-corrected chi connectivity index (χ4v) is 3.57. The number of nitrogens with zero attached hydrogens (tertiary/aromatic N) is 2. The first-order chi connectivity index (χ1) is 9.26. The summed E-state index contributed by atoms with van der Waals surface area (Å²) < 4.78 is 30.0. The molecule has 0 bridgehead atoms. The highest BCUT2D eigenvalue weighted by molar-refractivity contribution is 9.10. The van der Waals surface area contributed by atoms with Crippen molar-refractivity contribution in [2.45, 2.75) is 16.1 Å². The van der Waals surface area contributed by atoms with Crippen molar-refractivity contribution in [3.63, 3.8) is 0 Å². The number of aromatic nitrogens is 2. The van der Waals surface area contributed by atoms with Gasteiger partial charge in [-0.05, 0) is 0 Å². The van der Waals surface area contributed by atoms with Gasteiger partial charge in [0.05, 0.1) is 7.11 Å². The Kier molecular flexibility index (Phi) is 5.98. The first kappa shape index (κ1) is 16.9. The number of hydrogen-bond donors (Lipinski definition) is 2. The summed E-state index contributed by atoms with van der Waals surface area (Å²) in [7, 11) is -2.72. The van der Waals surface area contributed by atoms with Gasteiger partial charge in [-0.3, -0.25) is 9.59 Å². The quantitative estimate of drug-likeness (QED) is 0.390. The van der Waals surface area contributed by atoms with Crippen LogP contribution in [0.3, 0.4) is 0 Å². The van der Waals surface area contributed by atoms with Crippen LogP contribution in [0.1, 0.15) is 6.92 Å². The summed E-state index contributed by atoms with van der Waals surface area (Å²) in [6.07, 6.45) is 0. The maximum absolute atomic E-state index is 11.9. The van der Waals surface area contributed by atoms with E-state index in [1.807, 2.05) is 0 Å². The average Bonchev–Trinajstić information content (AvgIpc) is 2.83. The molecular formula is C8H11BrN4O5S2. The highest BCUT2D eigenvalue weighted by Crippen LogP contribution is 2.19. The molecule has 2 N–H and O–H groups in total. The SMILES string of the molecule is COC(=O)C(Br)CNS(=O)(=O)c1nnc(NC(C)=O)s1. The number of halogens is 1. The minimum atomic E-state index is -3.91. The van der Waals surface area contributed by atoms with Gasteiger partial charge in [-0.1, -0.05) is 27.3 Å². The molecule has 1 atom stereocenters. The van der Waals surface area contributed by atoms with E-state index in [0.717, 1.165) is 0 Å². The Morgan fingerprint density at radius 2 is 2.10 bits per heavy atom. The van der Waals surface area contributed by atoms with Gasteiger partial charge < -0.3 is 10.1 Å². The van der Waals surface area contributed by atoms with Gasteiger partial charge in [0.25, 0.3) is 10.0 Å². The van der Waals surface area contributed by atoms with Gasteiger partial charge in [0.2, 0.25) is 15.4 Å². The number of carbonyl (C=O) groups excluding carboxylic acids is 2. The topological polar surface area (TPSA) is 127 Å². The molecule has 112 valence electrons. The lowest BCUT2D eigenvalue weighted by atomic mass is 10.4. The average molecular weight is 387 g/mol. The van der Waals surface area contributed by atoms with Crippen molar-refractivity contribution in [2.24, 2.45) is 0 Å². The van der Waals surface area contributed by atoms with Crippen LogP contribution < -0.4 is 10.0 Å². The fraction of sp³-hybridized carbons (Fsp3) is 0.500. The first-order valence-corrected chi connectivity index (χ1v) is 8.30. The monoisotopic (exact) mass is 386 g/mol. The largest absolute Gasteiger partial charge is 0.468 e. The van der Waals surface area contributed by atoms with Crippen molar-refractivity contribution in [3.8, 4) is 0 Å². The standard InChI is InChI=1S/C8H11BrN4O5S2/c1-4(14)11-7-12-13-8(19-7)20(16,17)10-3-5(9)6(15)18-2/h5,10H,3H2,1-2H3,(H,11,12,14). The fourth-order valence-electron chi connectivity index (χ4n) is 0.975. The Bertz CT molecular complexity index is 602. The molecule has 1 unspecified atom stereocenters. The van der Waals surface area contributed by atoms with Gasteiger partial charge in [0.1, 0.15) is 4.83 Å². The molecule has 9 nitrogen and oxygen atoms in total. The number of carbonyl (C=O) groups is 2. The smallest absolute Gasteiger partial charge is 0.320 e. The lowest BCUT2D eigenvalue weighted by Gasteiger charge is -2.07. The summed E-state index contributed by atoms with van der Waals surface area (Å²) in [5.74, 6) is -0.992. The maximum atomic E-state index is 11.9. The van der Waals surface area contributed by atoms with E-state index >= 15 is 0 Å². The van der Waals surface area contributed by atoms with Crippen molar-refractivity contribution < 1.29 is 22.7 Å². The molecule has 0 spiro atoms. The first-order valence-electron chi connectivity index (χ1n) is 5.09. The second-order valence-electron chi connectivity index (χ2n) is 3.40. The second-order valence-corrected chi connectivity index (χ2v) is 7.42. The van der Waals surface area contributed by atoms with Crippen molar-refractivity contribution in [1.82, 2.24) is 14.9 Å². The van der Waals surface area contributed by atoms with Crippen LogP contribution in [0.5, 0.6) is 0 Å². The number of hydrogen-bond acceptors (Lipinski definition) is 8. The molecule has 1 rings (SSSR count). The van der Waals surface area contributed by atoms with Gasteiger partial charge in [-0.25, -0.2) is 13.1 Å². The van der Waals surface area contributed by atoms with Gasteiger partial charge in [0.15, 0.2) is 0 Å². The van der Waals surface area contributed by atoms with E-state index in [0.29, 0.717) is 11.3 Å². The van der Waals surface area contributed by atoms with E-state index in [9.17, 15) is 18.0 Å². The van der Waals surface area contributed by atoms with Crippen LogP contribution in [0, 0.1) is 0 Å². The Hall–Kier alpha value is -1.11. The molecule has 1 heterocycles. The predicted molar refractivity (Wildman–Crippen MR) is 74.1 cm³/mol. The molecule has 0 fully saturated rings. The molecule has 0 aliphatic heterocycles. The number of ether oxygens (including phenoxy) is 1. The van der Waals surface area contributed by atoms with Crippen LogP contribution >= 0.6 is 27.3 Å². The molecule has 0 radical (unpaired) electrons. The van der Waals surface area contributed by atoms with Crippen molar-refractivity contribution in [3.05, 3.63) is 0 Å². The number of nitrogens with one attached hydrogen (secondary N) is 2. The zero-order valence-corrected chi connectivity index (χ0v) is 13.6. The van der Waals surface area contributed by atoms with Crippen molar-refractivity contribution >= 4 is 54.3 Å². The highest BCUT2D eigenvalue weighted by Gasteiger charge is 2.23. The number of anilines is 1. The Balaban J connectivity index is 2.71. The van der Waals surface area contributed by atoms with E-state index in [1.165, 1.54) is 14.0 Å². The highest BCUT2D eigenvalue weighted by atomic mass is 79.9. The molecule has 12 heteroatoms. The molecule has 20 heavy (non-hydrogen) atoms. The summed E-state index contributed by atoms with van der Waals surface area (Å²) in [5, 5.41) is 9.36. The number of alkyl halides is 1. The lowest BCUT2D eigenvalue weighted by Crippen LogP contribution is -2.33. The summed E-state index contributed by atoms with van der Waals surface area (Å²) in [4.78, 5) is 21.1. The van der Waals surface area contributed by atoms with E-state index in [2.05, 4.69) is 40.9 Å². The lowest BCUT2D eigenvalue weighted by molar-refractivity contribution is -0.139. The molecule has 1 aromatic heterocycles. The molecule has 0 aliphatic rings. The third-order valence-electron chi connectivity index (χ3n) is 1.83. The van der Waals surface area contributed by atoms with Crippen molar-refractivity contribution in [2.75, 3.05) is 19.0 Å². The summed E-state index contributed by atoms with van der Waals surface area (Å²) in [5.41, 5.74) is 0. The minimum Gasteiger partial charge on any atom is -0.468 e. The summed E-state index contributed by atoms with van der Waals surface area (Å²) in [6.45, 7) is 1.06. The van der Waals surface area contributed by atoms with E-state index in [1.54, 1.807) is 0 Å². The number of amides is 1. The zero-order valence-electron chi connectivity index (χ0n) is 10.4. The van der Waals surface area contributed by atoms with Gasteiger partial charge >= 0.3 is 5.97 Å². The molecule has 1 aromatic rings. The predicted octanol–water partition coefficient (Wildman–Crippen LogP) is -0.289.